The number of rotatable bonds is 6. The molecule has 1 saturated heterocycles. The predicted octanol–water partition coefficient (Wildman–Crippen LogP) is 2.45. The lowest BCUT2D eigenvalue weighted by Gasteiger charge is -2.29. The van der Waals surface area contributed by atoms with Crippen molar-refractivity contribution in [2.45, 2.75) is 45.1 Å². The molecular formula is C15H28N4. The number of nitrogens with one attached hydrogen (secondary N) is 1. The number of hydrogen-bond acceptors (Lipinski definition) is 3. The van der Waals surface area contributed by atoms with E-state index in [1.54, 1.807) is 0 Å². The number of aromatic amines is 1. The van der Waals surface area contributed by atoms with E-state index < -0.39 is 0 Å². The Balaban J connectivity index is 1.93. The van der Waals surface area contributed by atoms with Crippen molar-refractivity contribution in [3.05, 3.63) is 17.5 Å². The van der Waals surface area contributed by atoms with Crippen LogP contribution in [-0.4, -0.2) is 53.7 Å². The van der Waals surface area contributed by atoms with Crippen LogP contribution in [0.2, 0.25) is 0 Å². The van der Waals surface area contributed by atoms with Gasteiger partial charge in [0.05, 0.1) is 6.20 Å². The van der Waals surface area contributed by atoms with Crippen LogP contribution in [0.1, 0.15) is 49.8 Å². The minimum absolute atomic E-state index is 0.674. The van der Waals surface area contributed by atoms with Crippen molar-refractivity contribution in [2.24, 2.45) is 0 Å². The van der Waals surface area contributed by atoms with Crippen LogP contribution in [-0.2, 0) is 6.54 Å². The van der Waals surface area contributed by atoms with Gasteiger partial charge in [0.1, 0.15) is 0 Å². The molecular weight excluding hydrogens is 236 g/mol. The Labute approximate surface area is 117 Å². The zero-order chi connectivity index (χ0) is 13.7. The Bertz CT molecular complexity index is 366. The summed E-state index contributed by atoms with van der Waals surface area (Å²) in [5.41, 5.74) is 2.78. The Hall–Kier alpha value is -0.870. The van der Waals surface area contributed by atoms with Crippen molar-refractivity contribution in [1.82, 2.24) is 20.0 Å². The van der Waals surface area contributed by atoms with Crippen LogP contribution < -0.4 is 0 Å². The highest BCUT2D eigenvalue weighted by Gasteiger charge is 2.22. The third kappa shape index (κ3) is 4.05. The summed E-state index contributed by atoms with van der Waals surface area (Å²) in [5, 5.41) is 7.54. The van der Waals surface area contributed by atoms with Crippen LogP contribution in [0.4, 0.5) is 0 Å². The van der Waals surface area contributed by atoms with E-state index >= 15 is 0 Å². The Kier molecular flexibility index (Phi) is 5.40. The molecule has 0 spiro atoms. The summed E-state index contributed by atoms with van der Waals surface area (Å²) in [6, 6.07) is 0. The van der Waals surface area contributed by atoms with Crippen molar-refractivity contribution in [1.29, 1.82) is 0 Å². The molecule has 0 atom stereocenters. The summed E-state index contributed by atoms with van der Waals surface area (Å²) in [7, 11) is 4.42. The Morgan fingerprint density at radius 2 is 2.16 bits per heavy atom. The predicted molar refractivity (Wildman–Crippen MR) is 79.3 cm³/mol. The van der Waals surface area contributed by atoms with Crippen LogP contribution in [0.3, 0.4) is 0 Å². The van der Waals surface area contributed by atoms with Crippen LogP contribution in [0, 0.1) is 0 Å². The van der Waals surface area contributed by atoms with E-state index in [9.17, 15) is 0 Å². The highest BCUT2D eigenvalue weighted by molar-refractivity contribution is 5.21. The van der Waals surface area contributed by atoms with Gasteiger partial charge in [-0.05, 0) is 53.0 Å². The van der Waals surface area contributed by atoms with Gasteiger partial charge in [0.25, 0.3) is 0 Å². The van der Waals surface area contributed by atoms with Crippen LogP contribution in [0.5, 0.6) is 0 Å². The van der Waals surface area contributed by atoms with Gasteiger partial charge >= 0.3 is 0 Å². The minimum Gasteiger partial charge on any atom is -0.306 e. The third-order valence-electron chi connectivity index (χ3n) is 4.21. The Morgan fingerprint density at radius 3 is 2.84 bits per heavy atom. The molecule has 0 unspecified atom stereocenters. The Morgan fingerprint density at radius 1 is 1.42 bits per heavy atom. The monoisotopic (exact) mass is 264 g/mol. The first-order valence-electron chi connectivity index (χ1n) is 7.60. The maximum Gasteiger partial charge on any atom is 0.0535 e. The van der Waals surface area contributed by atoms with Gasteiger partial charge in [0.15, 0.2) is 0 Å². The van der Waals surface area contributed by atoms with Crippen LogP contribution in [0.15, 0.2) is 6.20 Å². The van der Waals surface area contributed by atoms with Gasteiger partial charge in [-0.25, -0.2) is 0 Å². The number of nitrogens with zero attached hydrogens (tertiary/aromatic N) is 3. The van der Waals surface area contributed by atoms with E-state index in [0.29, 0.717) is 5.92 Å². The second-order valence-electron chi connectivity index (χ2n) is 5.98. The smallest absolute Gasteiger partial charge is 0.0535 e. The molecule has 0 saturated carbocycles. The zero-order valence-electron chi connectivity index (χ0n) is 12.7. The molecule has 1 aliphatic rings. The maximum atomic E-state index is 4.28. The molecule has 4 heteroatoms. The summed E-state index contributed by atoms with van der Waals surface area (Å²) in [6.45, 7) is 6.85. The van der Waals surface area contributed by atoms with Gasteiger partial charge in [-0.15, -0.1) is 0 Å². The van der Waals surface area contributed by atoms with E-state index in [2.05, 4.69) is 41.0 Å². The fourth-order valence-electron chi connectivity index (χ4n) is 2.90. The average Bonchev–Trinajstić information content (AvgIpc) is 2.85. The highest BCUT2D eigenvalue weighted by Crippen LogP contribution is 2.28. The lowest BCUT2D eigenvalue weighted by molar-refractivity contribution is 0.251. The number of aromatic nitrogens is 2. The van der Waals surface area contributed by atoms with Crippen LogP contribution >= 0.6 is 0 Å². The number of hydrogen-bond donors (Lipinski definition) is 1. The molecule has 1 aromatic rings. The van der Waals surface area contributed by atoms with Crippen molar-refractivity contribution in [2.75, 3.05) is 33.7 Å². The number of likely N-dealkylation sites (tertiary alicyclic amines) is 1. The van der Waals surface area contributed by atoms with Crippen molar-refractivity contribution in [3.8, 4) is 0 Å². The van der Waals surface area contributed by atoms with Gasteiger partial charge in [-0.2, -0.15) is 5.10 Å². The molecule has 0 radical (unpaired) electrons. The molecule has 1 aromatic heterocycles. The maximum absolute atomic E-state index is 4.28. The highest BCUT2D eigenvalue weighted by atomic mass is 15.1. The normalized spacial score (nSPS) is 18.3. The molecule has 0 amide bonds. The second-order valence-corrected chi connectivity index (χ2v) is 5.98. The average molecular weight is 264 g/mol. The zero-order valence-corrected chi connectivity index (χ0v) is 12.7. The van der Waals surface area contributed by atoms with Gasteiger partial charge in [0, 0.05) is 23.7 Å². The molecule has 108 valence electrons. The van der Waals surface area contributed by atoms with Gasteiger partial charge < -0.3 is 9.80 Å². The fraction of sp³-hybridized carbons (Fsp3) is 0.800. The van der Waals surface area contributed by atoms with E-state index in [4.69, 9.17) is 0 Å². The first-order valence-corrected chi connectivity index (χ1v) is 7.60. The summed E-state index contributed by atoms with van der Waals surface area (Å²) in [6.07, 6.45) is 7.07. The molecule has 19 heavy (non-hydrogen) atoms. The molecule has 0 aliphatic carbocycles. The largest absolute Gasteiger partial charge is 0.306 e. The molecule has 1 N–H and O–H groups in total. The van der Waals surface area contributed by atoms with Crippen LogP contribution in [0.25, 0.3) is 0 Å². The lowest BCUT2D eigenvalue weighted by Crippen LogP contribution is -2.30. The third-order valence-corrected chi connectivity index (χ3v) is 4.21. The number of H-pyrrole nitrogens is 1. The molecule has 0 aromatic carbocycles. The standard InChI is InChI=1S/C15H28N4/c1-4-5-8-19(3)12-14-11-16-17-15(14)13-6-9-18(2)10-7-13/h11,13H,4-10,12H2,1-3H3,(H,16,17). The lowest BCUT2D eigenvalue weighted by atomic mass is 9.91. The number of piperidine rings is 1. The number of unbranched alkanes of at least 4 members (excludes halogenated alkanes) is 1. The van der Waals surface area contributed by atoms with E-state index in [0.717, 1.165) is 6.54 Å². The minimum atomic E-state index is 0.674. The fourth-order valence-corrected chi connectivity index (χ4v) is 2.90. The first-order chi connectivity index (χ1) is 9.20. The molecule has 2 rings (SSSR count). The van der Waals surface area contributed by atoms with E-state index in [1.165, 1.54) is 56.6 Å². The first kappa shape index (κ1) is 14.5. The van der Waals surface area contributed by atoms with Gasteiger partial charge in [0.2, 0.25) is 0 Å². The van der Waals surface area contributed by atoms with Crippen molar-refractivity contribution in [3.63, 3.8) is 0 Å². The van der Waals surface area contributed by atoms with Gasteiger partial charge in [-0.1, -0.05) is 13.3 Å². The van der Waals surface area contributed by atoms with E-state index in [-0.39, 0.29) is 0 Å². The molecule has 4 nitrogen and oxygen atoms in total. The summed E-state index contributed by atoms with van der Waals surface area (Å²) < 4.78 is 0. The van der Waals surface area contributed by atoms with Crippen molar-refractivity contribution >= 4 is 0 Å². The molecule has 2 heterocycles. The SMILES string of the molecule is CCCCN(C)Cc1cn[nH]c1C1CCN(C)CC1. The second kappa shape index (κ2) is 7.06. The molecule has 1 fully saturated rings. The summed E-state index contributed by atoms with van der Waals surface area (Å²) in [4.78, 5) is 4.83. The summed E-state index contributed by atoms with van der Waals surface area (Å²) >= 11 is 0. The summed E-state index contributed by atoms with van der Waals surface area (Å²) in [5.74, 6) is 0.674. The topological polar surface area (TPSA) is 35.2 Å². The quantitative estimate of drug-likeness (QED) is 0.857. The van der Waals surface area contributed by atoms with Gasteiger partial charge in [-0.3, -0.25) is 5.10 Å². The van der Waals surface area contributed by atoms with Crippen molar-refractivity contribution < 1.29 is 0 Å². The van der Waals surface area contributed by atoms with E-state index in [1.807, 2.05) is 6.20 Å². The molecule has 0 bridgehead atoms. The molecule has 1 aliphatic heterocycles.